The van der Waals surface area contributed by atoms with Crippen molar-refractivity contribution in [2.45, 2.75) is 37.9 Å². The van der Waals surface area contributed by atoms with Gasteiger partial charge in [0.1, 0.15) is 0 Å². The first kappa shape index (κ1) is 15.4. The molecule has 2 rings (SSSR count). The largest absolute Gasteiger partial charge is 0.375 e. The molecular formula is C12H17N3O2S3. The minimum absolute atomic E-state index is 0.187. The SMILES string of the molecule is Cc1cc(C(C)NS(=O)(=O)c2sc(N)nc2C)c(C)s1. The fourth-order valence-electron chi connectivity index (χ4n) is 2.08. The van der Waals surface area contributed by atoms with Crippen LogP contribution >= 0.6 is 22.7 Å². The molecule has 5 nitrogen and oxygen atoms in total. The average Bonchev–Trinajstić information content (AvgIpc) is 2.81. The number of anilines is 1. The summed E-state index contributed by atoms with van der Waals surface area (Å²) in [6, 6.07) is 1.73. The standard InChI is InChI=1S/C12H17N3O2S3/c1-6-5-10(9(4)18-6)7(2)15-20(16,17)11-8(3)14-12(13)19-11/h5,7,15H,1-4H3,(H2,13,14). The molecule has 0 radical (unpaired) electrons. The summed E-state index contributed by atoms with van der Waals surface area (Å²) in [5, 5.41) is 0.262. The number of thiazole rings is 1. The van der Waals surface area contributed by atoms with Gasteiger partial charge in [0.2, 0.25) is 0 Å². The molecule has 0 amide bonds. The quantitative estimate of drug-likeness (QED) is 0.902. The molecule has 0 aromatic carbocycles. The van der Waals surface area contributed by atoms with Crippen LogP contribution in [0, 0.1) is 20.8 Å². The molecule has 110 valence electrons. The zero-order chi connectivity index (χ0) is 15.1. The number of nitrogen functional groups attached to an aromatic ring is 1. The third kappa shape index (κ3) is 3.03. The van der Waals surface area contributed by atoms with Crippen LogP contribution in [-0.2, 0) is 10.0 Å². The van der Waals surface area contributed by atoms with Crippen molar-refractivity contribution in [1.82, 2.24) is 9.71 Å². The zero-order valence-electron chi connectivity index (χ0n) is 11.7. The molecule has 0 spiro atoms. The van der Waals surface area contributed by atoms with Crippen LogP contribution in [0.15, 0.2) is 10.3 Å². The molecule has 0 fully saturated rings. The Bertz CT molecular complexity index is 731. The summed E-state index contributed by atoms with van der Waals surface area (Å²) in [6.45, 7) is 7.49. The average molecular weight is 331 g/mol. The zero-order valence-corrected chi connectivity index (χ0v) is 14.2. The van der Waals surface area contributed by atoms with Crippen molar-refractivity contribution in [3.05, 3.63) is 27.1 Å². The van der Waals surface area contributed by atoms with Gasteiger partial charge in [-0.05, 0) is 39.3 Å². The van der Waals surface area contributed by atoms with Crippen molar-refractivity contribution in [2.24, 2.45) is 0 Å². The van der Waals surface area contributed by atoms with E-state index in [0.29, 0.717) is 5.69 Å². The lowest BCUT2D eigenvalue weighted by molar-refractivity contribution is 0.568. The molecule has 0 aliphatic heterocycles. The van der Waals surface area contributed by atoms with Gasteiger partial charge in [-0.1, -0.05) is 11.3 Å². The predicted molar refractivity (Wildman–Crippen MR) is 83.8 cm³/mol. The lowest BCUT2D eigenvalue weighted by Gasteiger charge is -2.13. The Morgan fingerprint density at radius 2 is 1.95 bits per heavy atom. The second kappa shape index (κ2) is 5.44. The Kier molecular flexibility index (Phi) is 4.19. The van der Waals surface area contributed by atoms with Gasteiger partial charge in [0.05, 0.1) is 5.69 Å². The number of nitrogens with zero attached hydrogens (tertiary/aromatic N) is 1. The molecular weight excluding hydrogens is 314 g/mol. The van der Waals surface area contributed by atoms with E-state index in [2.05, 4.69) is 9.71 Å². The number of thiophene rings is 1. The first-order valence-electron chi connectivity index (χ1n) is 6.03. The number of aromatic nitrogens is 1. The summed E-state index contributed by atoms with van der Waals surface area (Å²) in [5.41, 5.74) is 7.00. The van der Waals surface area contributed by atoms with Gasteiger partial charge in [-0.3, -0.25) is 0 Å². The van der Waals surface area contributed by atoms with Gasteiger partial charge in [0, 0.05) is 15.8 Å². The summed E-state index contributed by atoms with van der Waals surface area (Å²) >= 11 is 2.65. The van der Waals surface area contributed by atoms with Crippen molar-refractivity contribution in [2.75, 3.05) is 5.73 Å². The van der Waals surface area contributed by atoms with Crippen molar-refractivity contribution in [3.63, 3.8) is 0 Å². The molecule has 0 aliphatic carbocycles. The van der Waals surface area contributed by atoms with Crippen LogP contribution in [-0.4, -0.2) is 13.4 Å². The molecule has 2 heterocycles. The minimum Gasteiger partial charge on any atom is -0.375 e. The highest BCUT2D eigenvalue weighted by atomic mass is 32.2. The first-order valence-corrected chi connectivity index (χ1v) is 9.14. The summed E-state index contributed by atoms with van der Waals surface area (Å²) in [4.78, 5) is 6.25. The van der Waals surface area contributed by atoms with Crippen LogP contribution in [0.25, 0.3) is 0 Å². The molecule has 1 unspecified atom stereocenters. The van der Waals surface area contributed by atoms with Crippen LogP contribution in [0.3, 0.4) is 0 Å². The Morgan fingerprint density at radius 3 is 2.40 bits per heavy atom. The summed E-state index contributed by atoms with van der Waals surface area (Å²) < 4.78 is 27.6. The number of aryl methyl sites for hydroxylation is 3. The van der Waals surface area contributed by atoms with Crippen LogP contribution in [0.1, 0.15) is 34.0 Å². The molecule has 0 saturated carbocycles. The highest BCUT2D eigenvalue weighted by Gasteiger charge is 2.24. The molecule has 1 atom stereocenters. The molecule has 0 saturated heterocycles. The van der Waals surface area contributed by atoms with E-state index in [1.807, 2.05) is 26.8 Å². The minimum atomic E-state index is -3.59. The van der Waals surface area contributed by atoms with Crippen molar-refractivity contribution in [1.29, 1.82) is 0 Å². The number of sulfonamides is 1. The van der Waals surface area contributed by atoms with Crippen molar-refractivity contribution >= 4 is 37.8 Å². The molecule has 0 bridgehead atoms. The fourth-order valence-corrected chi connectivity index (χ4v) is 5.64. The number of rotatable bonds is 4. The van der Waals surface area contributed by atoms with E-state index in [0.717, 1.165) is 21.8 Å². The fraction of sp³-hybridized carbons (Fsp3) is 0.417. The van der Waals surface area contributed by atoms with Crippen LogP contribution < -0.4 is 10.5 Å². The van der Waals surface area contributed by atoms with Crippen molar-refractivity contribution in [3.8, 4) is 0 Å². The lowest BCUT2D eigenvalue weighted by atomic mass is 10.1. The number of hydrogen-bond acceptors (Lipinski definition) is 6. The molecule has 0 aliphatic rings. The Balaban J connectivity index is 2.29. The number of hydrogen-bond donors (Lipinski definition) is 2. The van der Waals surface area contributed by atoms with E-state index in [1.165, 1.54) is 4.88 Å². The summed E-state index contributed by atoms with van der Waals surface area (Å²) in [7, 11) is -3.59. The van der Waals surface area contributed by atoms with Gasteiger partial charge in [-0.25, -0.2) is 18.1 Å². The third-order valence-electron chi connectivity index (χ3n) is 2.89. The van der Waals surface area contributed by atoms with Crippen molar-refractivity contribution < 1.29 is 8.42 Å². The Labute approximate surface area is 126 Å². The van der Waals surface area contributed by atoms with E-state index in [-0.39, 0.29) is 15.4 Å². The normalized spacial score (nSPS) is 13.6. The van der Waals surface area contributed by atoms with Crippen LogP contribution in [0.2, 0.25) is 0 Å². The van der Waals surface area contributed by atoms with Crippen LogP contribution in [0.5, 0.6) is 0 Å². The molecule has 3 N–H and O–H groups in total. The highest BCUT2D eigenvalue weighted by molar-refractivity contribution is 7.91. The first-order chi connectivity index (χ1) is 9.20. The predicted octanol–water partition coefficient (Wildman–Crippen LogP) is 2.75. The second-order valence-corrected chi connectivity index (χ2v) is 9.04. The maximum absolute atomic E-state index is 12.4. The van der Waals surface area contributed by atoms with E-state index in [1.54, 1.807) is 18.3 Å². The molecule has 2 aromatic rings. The van der Waals surface area contributed by atoms with Gasteiger partial charge < -0.3 is 5.73 Å². The van der Waals surface area contributed by atoms with Gasteiger partial charge >= 0.3 is 0 Å². The third-order valence-corrected chi connectivity index (χ3v) is 7.01. The highest BCUT2D eigenvalue weighted by Crippen LogP contribution is 2.29. The Hall–Kier alpha value is -0.960. The number of nitrogens with one attached hydrogen (secondary N) is 1. The lowest BCUT2D eigenvalue weighted by Crippen LogP contribution is -2.26. The summed E-state index contributed by atoms with van der Waals surface area (Å²) in [6.07, 6.45) is 0. The smallest absolute Gasteiger partial charge is 0.252 e. The van der Waals surface area contributed by atoms with E-state index in [9.17, 15) is 8.42 Å². The molecule has 2 aromatic heterocycles. The maximum atomic E-state index is 12.4. The molecule has 8 heteroatoms. The Morgan fingerprint density at radius 1 is 1.30 bits per heavy atom. The topological polar surface area (TPSA) is 85.1 Å². The maximum Gasteiger partial charge on any atom is 0.252 e. The van der Waals surface area contributed by atoms with E-state index >= 15 is 0 Å². The van der Waals surface area contributed by atoms with Crippen LogP contribution in [0.4, 0.5) is 5.13 Å². The molecule has 20 heavy (non-hydrogen) atoms. The van der Waals surface area contributed by atoms with Gasteiger partial charge in [-0.2, -0.15) is 0 Å². The summed E-state index contributed by atoms with van der Waals surface area (Å²) in [5.74, 6) is 0. The second-order valence-electron chi connectivity index (χ2n) is 4.64. The van der Waals surface area contributed by atoms with E-state index in [4.69, 9.17) is 5.73 Å². The van der Waals surface area contributed by atoms with Gasteiger partial charge in [-0.15, -0.1) is 11.3 Å². The monoisotopic (exact) mass is 331 g/mol. The van der Waals surface area contributed by atoms with Gasteiger partial charge in [0.15, 0.2) is 9.34 Å². The number of nitrogens with two attached hydrogens (primary N) is 1. The van der Waals surface area contributed by atoms with Gasteiger partial charge in [0.25, 0.3) is 10.0 Å². The van der Waals surface area contributed by atoms with E-state index < -0.39 is 10.0 Å².